The highest BCUT2D eigenvalue weighted by Gasteiger charge is 2.29. The number of carbonyl (C=O) groups excluding carboxylic acids is 1. The van der Waals surface area contributed by atoms with E-state index in [1.807, 2.05) is 13.8 Å². The molecule has 0 radical (unpaired) electrons. The Morgan fingerprint density at radius 2 is 1.83 bits per heavy atom. The van der Waals surface area contributed by atoms with Gasteiger partial charge in [0, 0.05) is 24.4 Å². The van der Waals surface area contributed by atoms with Crippen molar-refractivity contribution in [1.82, 2.24) is 24.9 Å². The van der Waals surface area contributed by atoms with Crippen molar-refractivity contribution in [2.24, 2.45) is 0 Å². The molecule has 3 aromatic rings. The predicted octanol–water partition coefficient (Wildman–Crippen LogP) is 2.63. The number of amides is 1. The molecule has 2 heterocycles. The third-order valence-electron chi connectivity index (χ3n) is 4.68. The predicted molar refractivity (Wildman–Crippen MR) is 101 cm³/mol. The molecule has 0 fully saturated rings. The SMILES string of the molecule is Cc1nc2nc(N)nn2c(C)c1CCC(=O)NCCc1ccc(C(F)(F)F)cc1. The molecule has 0 saturated heterocycles. The Kier molecular flexibility index (Phi) is 5.71. The number of benzene rings is 1. The van der Waals surface area contributed by atoms with Crippen molar-refractivity contribution in [3.63, 3.8) is 0 Å². The van der Waals surface area contributed by atoms with Gasteiger partial charge in [-0.15, -0.1) is 5.10 Å². The van der Waals surface area contributed by atoms with Crippen molar-refractivity contribution in [2.75, 3.05) is 12.3 Å². The van der Waals surface area contributed by atoms with Gasteiger partial charge in [-0.3, -0.25) is 4.79 Å². The Labute approximate surface area is 165 Å². The lowest BCUT2D eigenvalue weighted by Gasteiger charge is -2.11. The number of carbonyl (C=O) groups is 1. The van der Waals surface area contributed by atoms with Crippen LogP contribution in [0.4, 0.5) is 19.1 Å². The molecule has 154 valence electrons. The van der Waals surface area contributed by atoms with E-state index in [1.54, 1.807) is 4.52 Å². The Morgan fingerprint density at radius 3 is 2.48 bits per heavy atom. The molecule has 1 amide bonds. The molecule has 0 aliphatic rings. The summed E-state index contributed by atoms with van der Waals surface area (Å²) in [4.78, 5) is 20.5. The summed E-state index contributed by atoms with van der Waals surface area (Å²) >= 11 is 0. The summed E-state index contributed by atoms with van der Waals surface area (Å²) in [5, 5.41) is 6.89. The molecule has 0 bridgehead atoms. The normalized spacial score (nSPS) is 11.8. The van der Waals surface area contributed by atoms with Crippen molar-refractivity contribution in [1.29, 1.82) is 0 Å². The van der Waals surface area contributed by atoms with E-state index >= 15 is 0 Å². The van der Waals surface area contributed by atoms with Gasteiger partial charge < -0.3 is 11.1 Å². The average Bonchev–Trinajstić information content (AvgIpc) is 3.01. The number of halogens is 3. The molecular formula is C19H21F3N6O. The molecule has 0 spiro atoms. The van der Waals surface area contributed by atoms with Crippen LogP contribution in [-0.2, 0) is 23.8 Å². The highest BCUT2D eigenvalue weighted by molar-refractivity contribution is 5.76. The number of rotatable bonds is 6. The summed E-state index contributed by atoms with van der Waals surface area (Å²) in [6, 6.07) is 4.93. The van der Waals surface area contributed by atoms with Gasteiger partial charge in [-0.1, -0.05) is 12.1 Å². The molecule has 0 saturated carbocycles. The third kappa shape index (κ3) is 4.82. The maximum Gasteiger partial charge on any atom is 0.416 e. The number of aryl methyl sites for hydroxylation is 2. The van der Waals surface area contributed by atoms with Gasteiger partial charge in [0.05, 0.1) is 5.56 Å². The lowest BCUT2D eigenvalue weighted by Crippen LogP contribution is -2.26. The molecule has 0 aliphatic carbocycles. The fourth-order valence-electron chi connectivity index (χ4n) is 3.12. The summed E-state index contributed by atoms with van der Waals surface area (Å²) in [6.07, 6.45) is -3.16. The molecule has 7 nitrogen and oxygen atoms in total. The second kappa shape index (κ2) is 8.06. The van der Waals surface area contributed by atoms with Gasteiger partial charge in [-0.2, -0.15) is 22.7 Å². The lowest BCUT2D eigenvalue weighted by molar-refractivity contribution is -0.137. The first-order valence-corrected chi connectivity index (χ1v) is 9.06. The first-order chi connectivity index (χ1) is 13.6. The summed E-state index contributed by atoms with van der Waals surface area (Å²) in [6.45, 7) is 4.06. The van der Waals surface area contributed by atoms with Crippen LogP contribution in [0.5, 0.6) is 0 Å². The largest absolute Gasteiger partial charge is 0.416 e. The zero-order valence-corrected chi connectivity index (χ0v) is 16.0. The van der Waals surface area contributed by atoms with Crippen LogP contribution in [0.2, 0.25) is 0 Å². The Bertz CT molecular complexity index is 1030. The van der Waals surface area contributed by atoms with Crippen LogP contribution in [0, 0.1) is 13.8 Å². The summed E-state index contributed by atoms with van der Waals surface area (Å²) in [5.41, 5.74) is 8.15. The van der Waals surface area contributed by atoms with Crippen LogP contribution in [0.1, 0.15) is 34.5 Å². The van der Waals surface area contributed by atoms with E-state index in [0.717, 1.165) is 34.6 Å². The molecule has 0 unspecified atom stereocenters. The zero-order chi connectivity index (χ0) is 21.2. The third-order valence-corrected chi connectivity index (χ3v) is 4.68. The van der Waals surface area contributed by atoms with Gasteiger partial charge in [-0.25, -0.2) is 4.98 Å². The Hall–Kier alpha value is -3.17. The van der Waals surface area contributed by atoms with Crippen LogP contribution >= 0.6 is 0 Å². The van der Waals surface area contributed by atoms with Crippen LogP contribution < -0.4 is 11.1 Å². The fraction of sp³-hybridized carbons (Fsp3) is 0.368. The first kappa shape index (κ1) is 20.6. The quantitative estimate of drug-likeness (QED) is 0.656. The Morgan fingerprint density at radius 1 is 1.14 bits per heavy atom. The molecule has 29 heavy (non-hydrogen) atoms. The van der Waals surface area contributed by atoms with Gasteiger partial charge in [0.2, 0.25) is 11.9 Å². The van der Waals surface area contributed by atoms with E-state index in [9.17, 15) is 18.0 Å². The number of nitrogens with zero attached hydrogens (tertiary/aromatic N) is 4. The van der Waals surface area contributed by atoms with E-state index in [1.165, 1.54) is 12.1 Å². The standard InChI is InChI=1S/C19H21F3N6O/c1-11-15(12(2)28-18(25-11)26-17(23)27-28)7-8-16(29)24-10-9-13-3-5-14(6-4-13)19(20,21)22/h3-6H,7-10H2,1-2H3,(H2,23,27)(H,24,29). The highest BCUT2D eigenvalue weighted by atomic mass is 19.4. The molecule has 10 heteroatoms. The van der Waals surface area contributed by atoms with Gasteiger partial charge in [-0.05, 0) is 49.9 Å². The molecule has 3 rings (SSSR count). The second-order valence-corrected chi connectivity index (χ2v) is 6.74. The molecule has 3 N–H and O–H groups in total. The zero-order valence-electron chi connectivity index (χ0n) is 16.0. The molecule has 2 aromatic heterocycles. The number of fused-ring (bicyclic) bond motifs is 1. The van der Waals surface area contributed by atoms with E-state index < -0.39 is 11.7 Å². The summed E-state index contributed by atoms with van der Waals surface area (Å²) in [7, 11) is 0. The van der Waals surface area contributed by atoms with E-state index in [0.29, 0.717) is 25.2 Å². The molecule has 1 aromatic carbocycles. The minimum Gasteiger partial charge on any atom is -0.366 e. The topological polar surface area (TPSA) is 98.2 Å². The number of alkyl halides is 3. The number of hydrogen-bond donors (Lipinski definition) is 2. The van der Waals surface area contributed by atoms with Crippen LogP contribution in [0.25, 0.3) is 5.78 Å². The maximum absolute atomic E-state index is 12.6. The Balaban J connectivity index is 1.52. The van der Waals surface area contributed by atoms with Crippen molar-refractivity contribution in [2.45, 2.75) is 39.3 Å². The average molecular weight is 406 g/mol. The van der Waals surface area contributed by atoms with Gasteiger partial charge in [0.15, 0.2) is 0 Å². The number of nitrogen functional groups attached to an aromatic ring is 1. The minimum atomic E-state index is -4.35. The van der Waals surface area contributed by atoms with E-state index in [-0.39, 0.29) is 18.3 Å². The van der Waals surface area contributed by atoms with Gasteiger partial charge in [0.25, 0.3) is 5.78 Å². The van der Waals surface area contributed by atoms with E-state index in [2.05, 4.69) is 20.4 Å². The van der Waals surface area contributed by atoms with Crippen LogP contribution in [-0.4, -0.2) is 32.0 Å². The first-order valence-electron chi connectivity index (χ1n) is 9.06. The lowest BCUT2D eigenvalue weighted by atomic mass is 10.1. The van der Waals surface area contributed by atoms with E-state index in [4.69, 9.17) is 5.73 Å². The van der Waals surface area contributed by atoms with Crippen molar-refractivity contribution < 1.29 is 18.0 Å². The van der Waals surface area contributed by atoms with Crippen LogP contribution in [0.15, 0.2) is 24.3 Å². The molecular weight excluding hydrogens is 385 g/mol. The van der Waals surface area contributed by atoms with Crippen molar-refractivity contribution >= 4 is 17.6 Å². The summed E-state index contributed by atoms with van der Waals surface area (Å²) < 4.78 is 39.3. The number of aromatic nitrogens is 4. The molecule has 0 atom stereocenters. The minimum absolute atomic E-state index is 0.137. The smallest absolute Gasteiger partial charge is 0.366 e. The van der Waals surface area contributed by atoms with Crippen LogP contribution in [0.3, 0.4) is 0 Å². The van der Waals surface area contributed by atoms with Gasteiger partial charge >= 0.3 is 6.18 Å². The monoisotopic (exact) mass is 406 g/mol. The van der Waals surface area contributed by atoms with Crippen molar-refractivity contribution in [3.05, 3.63) is 52.3 Å². The molecule has 0 aliphatic heterocycles. The highest BCUT2D eigenvalue weighted by Crippen LogP contribution is 2.29. The number of hydrogen-bond acceptors (Lipinski definition) is 5. The number of anilines is 1. The maximum atomic E-state index is 12.6. The number of nitrogens with one attached hydrogen (secondary N) is 1. The number of nitrogens with two attached hydrogens (primary N) is 1. The fourth-order valence-corrected chi connectivity index (χ4v) is 3.12. The second-order valence-electron chi connectivity index (χ2n) is 6.74. The summed E-state index contributed by atoms with van der Waals surface area (Å²) in [5.74, 6) is 0.411. The van der Waals surface area contributed by atoms with Crippen molar-refractivity contribution in [3.8, 4) is 0 Å². The van der Waals surface area contributed by atoms with Gasteiger partial charge in [0.1, 0.15) is 0 Å².